The summed E-state index contributed by atoms with van der Waals surface area (Å²) in [7, 11) is 0. The smallest absolute Gasteiger partial charge is 0.320 e. The van der Waals surface area contributed by atoms with Gasteiger partial charge in [0, 0.05) is 12.1 Å². The van der Waals surface area contributed by atoms with E-state index in [0.717, 1.165) is 42.1 Å². The molecule has 3 unspecified atom stereocenters. The number of aliphatic carboxylic acids is 1. The van der Waals surface area contributed by atoms with E-state index in [1.165, 1.54) is 25.0 Å². The molecule has 0 radical (unpaired) electrons. The normalized spacial score (nSPS) is 30.4. The predicted molar refractivity (Wildman–Crippen MR) is 75.3 cm³/mol. The number of carboxylic acids is 1. The van der Waals surface area contributed by atoms with Crippen LogP contribution in [0.25, 0.3) is 0 Å². The van der Waals surface area contributed by atoms with Crippen molar-refractivity contribution in [1.82, 2.24) is 9.97 Å². The Morgan fingerprint density at radius 1 is 1.45 bits per heavy atom. The molecule has 5 nitrogen and oxygen atoms in total. The Bertz CT molecular complexity index is 511. The summed E-state index contributed by atoms with van der Waals surface area (Å²) in [5, 5.41) is 8.88. The van der Waals surface area contributed by atoms with Gasteiger partial charge in [0.15, 0.2) is 0 Å². The van der Waals surface area contributed by atoms with Crippen LogP contribution in [0.5, 0.6) is 0 Å². The van der Waals surface area contributed by atoms with Crippen LogP contribution in [0, 0.1) is 17.8 Å². The first-order valence-corrected chi connectivity index (χ1v) is 7.58. The summed E-state index contributed by atoms with van der Waals surface area (Å²) in [6.07, 6.45) is 6.36. The highest BCUT2D eigenvalue weighted by atomic mass is 16.4. The SMILES string of the molecule is CC1CCC2Cc3[nH]c(C[C@@H](N)C(=O)O)nc3CC2C1. The number of rotatable bonds is 3. The molecular formula is C15H23N3O2. The number of nitrogens with zero attached hydrogens (tertiary/aromatic N) is 1. The molecule has 2 aliphatic carbocycles. The third-order valence-corrected chi connectivity index (χ3v) is 4.97. The summed E-state index contributed by atoms with van der Waals surface area (Å²) in [4.78, 5) is 18.7. The highest BCUT2D eigenvalue weighted by Crippen LogP contribution is 2.41. The van der Waals surface area contributed by atoms with Crippen LogP contribution in [0.3, 0.4) is 0 Å². The molecular weight excluding hydrogens is 254 g/mol. The van der Waals surface area contributed by atoms with Crippen LogP contribution in [0.1, 0.15) is 43.4 Å². The van der Waals surface area contributed by atoms with Gasteiger partial charge >= 0.3 is 5.97 Å². The van der Waals surface area contributed by atoms with Gasteiger partial charge in [0.25, 0.3) is 0 Å². The van der Waals surface area contributed by atoms with E-state index in [1.807, 2.05) is 0 Å². The van der Waals surface area contributed by atoms with Gasteiger partial charge in [-0.3, -0.25) is 4.79 Å². The fourth-order valence-electron chi connectivity index (χ4n) is 3.83. The fourth-order valence-corrected chi connectivity index (χ4v) is 3.83. The molecule has 0 spiro atoms. The third kappa shape index (κ3) is 2.59. The van der Waals surface area contributed by atoms with E-state index in [2.05, 4.69) is 16.9 Å². The molecule has 0 saturated heterocycles. The van der Waals surface area contributed by atoms with Crippen molar-refractivity contribution >= 4 is 5.97 Å². The zero-order chi connectivity index (χ0) is 14.3. The number of aromatic nitrogens is 2. The maximum Gasteiger partial charge on any atom is 0.320 e. The van der Waals surface area contributed by atoms with Gasteiger partial charge in [0.2, 0.25) is 0 Å². The molecule has 0 bridgehead atoms. The first-order valence-electron chi connectivity index (χ1n) is 7.58. The van der Waals surface area contributed by atoms with Crippen LogP contribution in [0.15, 0.2) is 0 Å². The summed E-state index contributed by atoms with van der Waals surface area (Å²) < 4.78 is 0. The standard InChI is InChI=1S/C15H23N3O2/c1-8-2-3-9-5-12-13(6-10(9)4-8)18-14(17-12)7-11(16)15(19)20/h8-11H,2-7,16H2,1H3,(H,17,18)(H,19,20)/t8?,9?,10?,11-/m1/s1. The van der Waals surface area contributed by atoms with Gasteiger partial charge in [0.05, 0.1) is 5.69 Å². The Morgan fingerprint density at radius 3 is 3.00 bits per heavy atom. The number of imidazole rings is 1. The van der Waals surface area contributed by atoms with E-state index in [1.54, 1.807) is 0 Å². The number of carboxylic acid groups (broad SMARTS) is 1. The number of fused-ring (bicyclic) bond motifs is 2. The van der Waals surface area contributed by atoms with Crippen molar-refractivity contribution < 1.29 is 9.90 Å². The molecule has 4 atom stereocenters. The zero-order valence-electron chi connectivity index (χ0n) is 11.9. The lowest BCUT2D eigenvalue weighted by atomic mass is 9.68. The van der Waals surface area contributed by atoms with Crippen molar-refractivity contribution in [1.29, 1.82) is 0 Å². The molecule has 1 heterocycles. The van der Waals surface area contributed by atoms with E-state index < -0.39 is 12.0 Å². The van der Waals surface area contributed by atoms with E-state index in [9.17, 15) is 4.79 Å². The van der Waals surface area contributed by atoms with E-state index in [-0.39, 0.29) is 6.42 Å². The molecule has 4 N–H and O–H groups in total. The second-order valence-corrected chi connectivity index (χ2v) is 6.60. The van der Waals surface area contributed by atoms with Gasteiger partial charge in [-0.2, -0.15) is 0 Å². The quantitative estimate of drug-likeness (QED) is 0.781. The number of aromatic amines is 1. The monoisotopic (exact) mass is 277 g/mol. The largest absolute Gasteiger partial charge is 0.480 e. The topological polar surface area (TPSA) is 92.0 Å². The van der Waals surface area contributed by atoms with Crippen molar-refractivity contribution in [3.05, 3.63) is 17.2 Å². The van der Waals surface area contributed by atoms with Gasteiger partial charge in [-0.25, -0.2) is 4.98 Å². The maximum atomic E-state index is 10.8. The Labute approximate surface area is 119 Å². The maximum absolute atomic E-state index is 10.8. The lowest BCUT2D eigenvalue weighted by Gasteiger charge is -2.37. The van der Waals surface area contributed by atoms with Crippen molar-refractivity contribution in [3.63, 3.8) is 0 Å². The van der Waals surface area contributed by atoms with E-state index >= 15 is 0 Å². The minimum Gasteiger partial charge on any atom is -0.480 e. The number of nitrogens with two attached hydrogens (primary N) is 1. The highest BCUT2D eigenvalue weighted by molar-refractivity contribution is 5.73. The lowest BCUT2D eigenvalue weighted by molar-refractivity contribution is -0.138. The second kappa shape index (κ2) is 5.20. The van der Waals surface area contributed by atoms with Gasteiger partial charge < -0.3 is 15.8 Å². The Morgan fingerprint density at radius 2 is 2.25 bits per heavy atom. The minimum absolute atomic E-state index is 0.286. The Balaban J connectivity index is 1.74. The van der Waals surface area contributed by atoms with Crippen LogP contribution >= 0.6 is 0 Å². The number of carbonyl (C=O) groups is 1. The molecule has 110 valence electrons. The van der Waals surface area contributed by atoms with Gasteiger partial charge in [-0.15, -0.1) is 0 Å². The molecule has 20 heavy (non-hydrogen) atoms. The number of hydrogen-bond donors (Lipinski definition) is 3. The highest BCUT2D eigenvalue weighted by Gasteiger charge is 2.34. The summed E-state index contributed by atoms with van der Waals surface area (Å²) in [5.74, 6) is 2.13. The van der Waals surface area contributed by atoms with Crippen molar-refractivity contribution in [2.75, 3.05) is 0 Å². The first kappa shape index (κ1) is 13.6. The van der Waals surface area contributed by atoms with Crippen LogP contribution in [-0.2, 0) is 24.1 Å². The van der Waals surface area contributed by atoms with Gasteiger partial charge in [0.1, 0.15) is 11.9 Å². The van der Waals surface area contributed by atoms with Crippen LogP contribution in [-0.4, -0.2) is 27.1 Å². The van der Waals surface area contributed by atoms with Gasteiger partial charge in [-0.1, -0.05) is 13.3 Å². The average Bonchev–Trinajstić information content (AvgIpc) is 2.76. The summed E-state index contributed by atoms with van der Waals surface area (Å²) in [6.45, 7) is 2.34. The summed E-state index contributed by atoms with van der Waals surface area (Å²) in [6, 6.07) is -0.870. The first-order chi connectivity index (χ1) is 9.52. The predicted octanol–water partition coefficient (Wildman–Crippen LogP) is 1.52. The summed E-state index contributed by atoms with van der Waals surface area (Å²) in [5.41, 5.74) is 7.94. The van der Waals surface area contributed by atoms with Gasteiger partial charge in [-0.05, 0) is 43.4 Å². The lowest BCUT2D eigenvalue weighted by Crippen LogP contribution is -2.32. The molecule has 2 aliphatic rings. The molecule has 0 aromatic carbocycles. The number of H-pyrrole nitrogens is 1. The van der Waals surface area contributed by atoms with E-state index in [4.69, 9.17) is 10.8 Å². The zero-order valence-corrected chi connectivity index (χ0v) is 11.9. The van der Waals surface area contributed by atoms with Crippen LogP contribution < -0.4 is 5.73 Å². The number of hydrogen-bond acceptors (Lipinski definition) is 3. The average molecular weight is 277 g/mol. The minimum atomic E-state index is -0.970. The van der Waals surface area contributed by atoms with Crippen molar-refractivity contribution in [3.8, 4) is 0 Å². The van der Waals surface area contributed by atoms with Crippen molar-refractivity contribution in [2.24, 2.45) is 23.5 Å². The molecule has 1 aromatic rings. The Kier molecular flexibility index (Phi) is 3.54. The molecule has 1 fully saturated rings. The summed E-state index contributed by atoms with van der Waals surface area (Å²) >= 11 is 0. The molecule has 0 amide bonds. The fraction of sp³-hybridized carbons (Fsp3) is 0.733. The molecule has 5 heteroatoms. The molecule has 1 aromatic heterocycles. The van der Waals surface area contributed by atoms with Crippen LogP contribution in [0.4, 0.5) is 0 Å². The third-order valence-electron chi connectivity index (χ3n) is 4.97. The molecule has 0 aliphatic heterocycles. The molecule has 3 rings (SSSR count). The Hall–Kier alpha value is -1.36. The second-order valence-electron chi connectivity index (χ2n) is 6.60. The number of nitrogens with one attached hydrogen (secondary N) is 1. The van der Waals surface area contributed by atoms with Crippen molar-refractivity contribution in [2.45, 2.75) is 51.5 Å². The van der Waals surface area contributed by atoms with E-state index in [0.29, 0.717) is 0 Å². The molecule has 1 saturated carbocycles. The van der Waals surface area contributed by atoms with Crippen LogP contribution in [0.2, 0.25) is 0 Å².